The Hall–Kier alpha value is -2.94. The molecule has 0 saturated heterocycles. The van der Waals surface area contributed by atoms with E-state index < -0.39 is 23.9 Å². The molecule has 4 amide bonds. The number of urea groups is 1. The molecule has 9 heteroatoms. The van der Waals surface area contributed by atoms with Gasteiger partial charge in [0.05, 0.1) is 12.5 Å². The Kier molecular flexibility index (Phi) is 5.64. The summed E-state index contributed by atoms with van der Waals surface area (Å²) in [5.74, 6) is -1.00. The number of carbonyl (C=O) groups is 3. The van der Waals surface area contributed by atoms with Crippen LogP contribution in [-0.4, -0.2) is 22.8 Å². The summed E-state index contributed by atoms with van der Waals surface area (Å²) >= 11 is 1.39. The molecule has 2 heterocycles. The van der Waals surface area contributed by atoms with Gasteiger partial charge in [0.25, 0.3) is 5.91 Å². The van der Waals surface area contributed by atoms with Gasteiger partial charge >= 0.3 is 6.03 Å². The van der Waals surface area contributed by atoms with Gasteiger partial charge in [0.2, 0.25) is 5.91 Å². The van der Waals surface area contributed by atoms with Crippen LogP contribution in [0.3, 0.4) is 0 Å². The number of amides is 4. The molecular formula is C14H15N5O3S. The Bertz CT molecular complexity index is 675. The third-order valence-corrected chi connectivity index (χ3v) is 3.79. The highest BCUT2D eigenvalue weighted by molar-refractivity contribution is 7.10. The lowest BCUT2D eigenvalue weighted by atomic mass is 10.1. The summed E-state index contributed by atoms with van der Waals surface area (Å²) in [6.07, 6.45) is 1.41. The van der Waals surface area contributed by atoms with Crippen molar-refractivity contribution in [2.45, 2.75) is 12.5 Å². The zero-order chi connectivity index (χ0) is 16.7. The van der Waals surface area contributed by atoms with Gasteiger partial charge in [0.15, 0.2) is 0 Å². The molecule has 8 nitrogen and oxygen atoms in total. The SMILES string of the molecule is NC(=O)NC(CC(=O)NNC(=O)c1ccccn1)c1cccs1. The summed E-state index contributed by atoms with van der Waals surface area (Å²) in [4.78, 5) is 39.4. The van der Waals surface area contributed by atoms with Crippen LogP contribution >= 0.6 is 11.3 Å². The van der Waals surface area contributed by atoms with Crippen molar-refractivity contribution >= 4 is 29.2 Å². The number of aromatic nitrogens is 1. The first-order chi connectivity index (χ1) is 11.1. The maximum atomic E-state index is 11.9. The lowest BCUT2D eigenvalue weighted by Gasteiger charge is -2.16. The van der Waals surface area contributed by atoms with E-state index in [1.807, 2.05) is 5.38 Å². The highest BCUT2D eigenvalue weighted by atomic mass is 32.1. The molecule has 0 aliphatic rings. The number of nitrogens with zero attached hydrogens (tertiary/aromatic N) is 1. The molecule has 0 aliphatic heterocycles. The minimum absolute atomic E-state index is 0.0635. The highest BCUT2D eigenvalue weighted by Gasteiger charge is 2.19. The Morgan fingerprint density at radius 2 is 2.00 bits per heavy atom. The smallest absolute Gasteiger partial charge is 0.312 e. The van der Waals surface area contributed by atoms with Gasteiger partial charge < -0.3 is 11.1 Å². The lowest BCUT2D eigenvalue weighted by Crippen LogP contribution is -2.44. The third-order valence-electron chi connectivity index (χ3n) is 2.81. The van der Waals surface area contributed by atoms with Crippen molar-refractivity contribution in [1.29, 1.82) is 0 Å². The summed E-state index contributed by atoms with van der Waals surface area (Å²) in [7, 11) is 0. The van der Waals surface area contributed by atoms with Crippen molar-refractivity contribution in [3.8, 4) is 0 Å². The van der Waals surface area contributed by atoms with Gasteiger partial charge in [-0.1, -0.05) is 12.1 Å². The number of hydrogen-bond acceptors (Lipinski definition) is 5. The number of pyridine rings is 1. The second-order valence-electron chi connectivity index (χ2n) is 4.50. The predicted molar refractivity (Wildman–Crippen MR) is 84.2 cm³/mol. The number of nitrogens with one attached hydrogen (secondary N) is 3. The van der Waals surface area contributed by atoms with Gasteiger partial charge in [0, 0.05) is 11.1 Å². The Labute approximate surface area is 136 Å². The van der Waals surface area contributed by atoms with Crippen LogP contribution in [0.1, 0.15) is 27.8 Å². The maximum Gasteiger partial charge on any atom is 0.312 e. The van der Waals surface area contributed by atoms with Crippen LogP contribution in [0, 0.1) is 0 Å². The molecule has 0 saturated carbocycles. The fourth-order valence-corrected chi connectivity index (χ4v) is 2.59. The minimum Gasteiger partial charge on any atom is -0.352 e. The topological polar surface area (TPSA) is 126 Å². The van der Waals surface area contributed by atoms with Crippen LogP contribution in [-0.2, 0) is 4.79 Å². The molecule has 0 bridgehead atoms. The molecule has 2 aromatic heterocycles. The van der Waals surface area contributed by atoms with Crippen molar-refractivity contribution in [2.24, 2.45) is 5.73 Å². The lowest BCUT2D eigenvalue weighted by molar-refractivity contribution is -0.122. The molecule has 2 rings (SSSR count). The fourth-order valence-electron chi connectivity index (χ4n) is 1.81. The van der Waals surface area contributed by atoms with Gasteiger partial charge in [-0.25, -0.2) is 4.79 Å². The van der Waals surface area contributed by atoms with E-state index in [9.17, 15) is 14.4 Å². The Morgan fingerprint density at radius 1 is 1.17 bits per heavy atom. The first-order valence-corrected chi connectivity index (χ1v) is 7.54. The number of hydrogen-bond donors (Lipinski definition) is 4. The highest BCUT2D eigenvalue weighted by Crippen LogP contribution is 2.21. The molecule has 2 aromatic rings. The number of nitrogens with two attached hydrogens (primary N) is 1. The van der Waals surface area contributed by atoms with Crippen LogP contribution in [0.25, 0.3) is 0 Å². The van der Waals surface area contributed by atoms with Crippen molar-refractivity contribution < 1.29 is 14.4 Å². The molecule has 5 N–H and O–H groups in total. The summed E-state index contributed by atoms with van der Waals surface area (Å²) < 4.78 is 0. The van der Waals surface area contributed by atoms with E-state index in [0.29, 0.717) is 0 Å². The van der Waals surface area contributed by atoms with E-state index >= 15 is 0 Å². The van der Waals surface area contributed by atoms with Crippen molar-refractivity contribution in [3.05, 3.63) is 52.5 Å². The summed E-state index contributed by atoms with van der Waals surface area (Å²) in [5.41, 5.74) is 9.84. The summed E-state index contributed by atoms with van der Waals surface area (Å²) in [5, 5.41) is 4.32. The number of carbonyl (C=O) groups excluding carboxylic acids is 3. The third kappa shape index (κ3) is 5.08. The Balaban J connectivity index is 1.89. The van der Waals surface area contributed by atoms with E-state index in [4.69, 9.17) is 5.73 Å². The van der Waals surface area contributed by atoms with E-state index in [1.165, 1.54) is 23.6 Å². The van der Waals surface area contributed by atoms with Gasteiger partial charge in [0.1, 0.15) is 5.69 Å². The molecule has 0 fully saturated rings. The number of primary amides is 1. The first kappa shape index (κ1) is 16.4. The zero-order valence-corrected chi connectivity index (χ0v) is 12.8. The summed E-state index contributed by atoms with van der Waals surface area (Å²) in [6.45, 7) is 0. The van der Waals surface area contributed by atoms with Crippen molar-refractivity contribution in [2.75, 3.05) is 0 Å². The number of thiophene rings is 1. The van der Waals surface area contributed by atoms with Crippen molar-refractivity contribution in [3.63, 3.8) is 0 Å². The zero-order valence-electron chi connectivity index (χ0n) is 12.0. The average Bonchev–Trinajstić information content (AvgIpc) is 3.07. The second-order valence-corrected chi connectivity index (χ2v) is 5.48. The van der Waals surface area contributed by atoms with Crippen LogP contribution < -0.4 is 21.9 Å². The molecule has 120 valence electrons. The van der Waals surface area contributed by atoms with Gasteiger partial charge in [-0.2, -0.15) is 0 Å². The normalized spacial score (nSPS) is 11.3. The van der Waals surface area contributed by atoms with E-state index in [-0.39, 0.29) is 12.1 Å². The van der Waals surface area contributed by atoms with E-state index in [0.717, 1.165) is 4.88 Å². The minimum atomic E-state index is -0.728. The fraction of sp³-hybridized carbons (Fsp3) is 0.143. The molecule has 1 atom stereocenters. The molecule has 0 radical (unpaired) electrons. The monoisotopic (exact) mass is 333 g/mol. The molecular weight excluding hydrogens is 318 g/mol. The van der Waals surface area contributed by atoms with E-state index in [1.54, 1.807) is 24.3 Å². The first-order valence-electron chi connectivity index (χ1n) is 6.66. The molecule has 0 aromatic carbocycles. The average molecular weight is 333 g/mol. The van der Waals surface area contributed by atoms with Crippen LogP contribution in [0.15, 0.2) is 41.9 Å². The number of hydrazine groups is 1. The maximum absolute atomic E-state index is 11.9. The van der Waals surface area contributed by atoms with E-state index in [2.05, 4.69) is 21.2 Å². The largest absolute Gasteiger partial charge is 0.352 e. The van der Waals surface area contributed by atoms with Crippen molar-refractivity contribution in [1.82, 2.24) is 21.2 Å². The van der Waals surface area contributed by atoms with Crippen LogP contribution in [0.2, 0.25) is 0 Å². The van der Waals surface area contributed by atoms with Gasteiger partial charge in [-0.15, -0.1) is 11.3 Å². The molecule has 0 spiro atoms. The molecule has 23 heavy (non-hydrogen) atoms. The standard InChI is InChI=1S/C14H15N5O3S/c15-14(22)17-10(11-5-3-7-23-11)8-12(20)18-19-13(21)9-4-1-2-6-16-9/h1-7,10H,8H2,(H,18,20)(H,19,21)(H3,15,17,22). The van der Waals surface area contributed by atoms with Crippen LogP contribution in [0.5, 0.6) is 0 Å². The summed E-state index contributed by atoms with van der Waals surface area (Å²) in [6, 6.07) is 7.16. The van der Waals surface area contributed by atoms with Gasteiger partial charge in [-0.3, -0.25) is 25.4 Å². The van der Waals surface area contributed by atoms with Crippen LogP contribution in [0.4, 0.5) is 4.79 Å². The molecule has 0 aliphatic carbocycles. The second kappa shape index (κ2) is 7.90. The quantitative estimate of drug-likeness (QED) is 0.601. The van der Waals surface area contributed by atoms with Gasteiger partial charge in [-0.05, 0) is 23.6 Å². The predicted octanol–water partition coefficient (Wildman–Crippen LogP) is 0.704. The Morgan fingerprint density at radius 3 is 2.61 bits per heavy atom. The molecule has 1 unspecified atom stereocenters. The number of rotatable bonds is 5.